The Balaban J connectivity index is 1.63. The number of aryl methyl sites for hydroxylation is 2. The normalized spacial score (nSPS) is 16.9. The molecule has 0 aromatic heterocycles. The smallest absolute Gasteiger partial charge is 0.268 e. The van der Waals surface area contributed by atoms with Crippen LogP contribution in [0.15, 0.2) is 48.5 Å². The van der Waals surface area contributed by atoms with Crippen molar-refractivity contribution in [3.63, 3.8) is 0 Å². The lowest BCUT2D eigenvalue weighted by Gasteiger charge is -2.34. The molecule has 2 aromatic carbocycles. The fourth-order valence-electron chi connectivity index (χ4n) is 3.42. The molecule has 0 saturated carbocycles. The minimum absolute atomic E-state index is 0.00479. The molecule has 148 valence electrons. The molecule has 0 saturated heterocycles. The Kier molecular flexibility index (Phi) is 6.34. The third-order valence-electron chi connectivity index (χ3n) is 5.00. The summed E-state index contributed by atoms with van der Waals surface area (Å²) in [4.78, 5) is 27.0. The molecule has 5 heteroatoms. The Bertz CT molecular complexity index is 835. The predicted molar refractivity (Wildman–Crippen MR) is 111 cm³/mol. The lowest BCUT2D eigenvalue weighted by molar-refractivity contribution is -0.129. The zero-order valence-corrected chi connectivity index (χ0v) is 16.8. The second kappa shape index (κ2) is 8.91. The minimum Gasteiger partial charge on any atom is -0.478 e. The number of hydrogen-bond donors (Lipinski definition) is 1. The lowest BCUT2D eigenvalue weighted by atomic mass is 10.1. The van der Waals surface area contributed by atoms with Crippen LogP contribution in [0, 0.1) is 6.92 Å². The van der Waals surface area contributed by atoms with E-state index in [2.05, 4.69) is 17.4 Å². The highest BCUT2D eigenvalue weighted by Gasteiger charge is 2.34. The molecule has 1 N–H and O–H groups in total. The van der Waals surface area contributed by atoms with E-state index in [9.17, 15) is 9.59 Å². The molecule has 0 aliphatic carbocycles. The number of anilines is 1. The van der Waals surface area contributed by atoms with Gasteiger partial charge < -0.3 is 10.1 Å². The highest BCUT2D eigenvalue weighted by Crippen LogP contribution is 2.35. The average Bonchev–Trinajstić information content (AvgIpc) is 2.69. The van der Waals surface area contributed by atoms with Gasteiger partial charge in [-0.15, -0.1) is 0 Å². The highest BCUT2D eigenvalue weighted by atomic mass is 16.5. The first-order chi connectivity index (χ1) is 13.5. The number of hydrogen-bond acceptors (Lipinski definition) is 3. The van der Waals surface area contributed by atoms with E-state index in [1.807, 2.05) is 57.2 Å². The van der Waals surface area contributed by atoms with E-state index in [0.29, 0.717) is 17.9 Å². The van der Waals surface area contributed by atoms with E-state index in [1.165, 1.54) is 5.56 Å². The summed E-state index contributed by atoms with van der Waals surface area (Å²) in [5.74, 6) is 0.341. The van der Waals surface area contributed by atoms with Crippen molar-refractivity contribution in [3.05, 3.63) is 59.7 Å². The number of amides is 2. The lowest BCUT2D eigenvalue weighted by Crippen LogP contribution is -2.50. The first-order valence-electron chi connectivity index (χ1n) is 9.90. The summed E-state index contributed by atoms with van der Waals surface area (Å²) >= 11 is 0. The second-order valence-corrected chi connectivity index (χ2v) is 7.40. The molecule has 0 radical (unpaired) electrons. The van der Waals surface area contributed by atoms with Crippen LogP contribution in [-0.4, -0.2) is 30.5 Å². The third kappa shape index (κ3) is 4.71. The van der Waals surface area contributed by atoms with Crippen LogP contribution >= 0.6 is 0 Å². The van der Waals surface area contributed by atoms with Gasteiger partial charge in [0.1, 0.15) is 12.3 Å². The van der Waals surface area contributed by atoms with Crippen molar-refractivity contribution in [1.82, 2.24) is 5.32 Å². The summed E-state index contributed by atoms with van der Waals surface area (Å²) < 4.78 is 5.81. The topological polar surface area (TPSA) is 58.6 Å². The Morgan fingerprint density at radius 1 is 1.21 bits per heavy atom. The van der Waals surface area contributed by atoms with Gasteiger partial charge in [0.25, 0.3) is 5.91 Å². The van der Waals surface area contributed by atoms with E-state index < -0.39 is 6.10 Å². The second-order valence-electron chi connectivity index (χ2n) is 7.40. The fraction of sp³-hybridized carbons (Fsp3) is 0.391. The van der Waals surface area contributed by atoms with Crippen molar-refractivity contribution in [2.45, 2.75) is 52.2 Å². The van der Waals surface area contributed by atoms with Gasteiger partial charge >= 0.3 is 0 Å². The maximum Gasteiger partial charge on any atom is 0.268 e. The van der Waals surface area contributed by atoms with Gasteiger partial charge in [-0.2, -0.15) is 0 Å². The van der Waals surface area contributed by atoms with Crippen LogP contribution in [0.1, 0.15) is 37.8 Å². The molecular formula is C23H28N2O3. The maximum absolute atomic E-state index is 12.8. The molecule has 2 amide bonds. The molecule has 0 unspecified atom stereocenters. The molecular weight excluding hydrogens is 352 g/mol. The Hall–Kier alpha value is -2.82. The van der Waals surface area contributed by atoms with Crippen LogP contribution in [0.2, 0.25) is 0 Å². The van der Waals surface area contributed by atoms with E-state index in [0.717, 1.165) is 18.4 Å². The molecule has 0 fully saturated rings. The van der Waals surface area contributed by atoms with Crippen LogP contribution < -0.4 is 15.0 Å². The van der Waals surface area contributed by atoms with Crippen molar-refractivity contribution >= 4 is 17.5 Å². The summed E-state index contributed by atoms with van der Waals surface area (Å²) in [6.45, 7) is 5.87. The molecule has 1 heterocycles. The summed E-state index contributed by atoms with van der Waals surface area (Å²) in [6.07, 6.45) is 1.77. The van der Waals surface area contributed by atoms with Crippen molar-refractivity contribution in [3.8, 4) is 5.75 Å². The van der Waals surface area contributed by atoms with Gasteiger partial charge in [0.2, 0.25) is 5.91 Å². The largest absolute Gasteiger partial charge is 0.478 e. The van der Waals surface area contributed by atoms with Crippen molar-refractivity contribution in [2.75, 3.05) is 11.4 Å². The number of nitrogens with one attached hydrogen (secondary N) is 1. The molecule has 28 heavy (non-hydrogen) atoms. The number of ether oxygens (including phenoxy) is 1. The summed E-state index contributed by atoms with van der Waals surface area (Å²) in [5, 5.41) is 3.02. The first-order valence-corrected chi connectivity index (χ1v) is 9.90. The zero-order valence-electron chi connectivity index (χ0n) is 16.8. The third-order valence-corrected chi connectivity index (χ3v) is 5.00. The predicted octanol–water partition coefficient (Wildman–Crippen LogP) is 3.64. The number of benzene rings is 2. The van der Waals surface area contributed by atoms with Gasteiger partial charge in [-0.1, -0.05) is 43.3 Å². The zero-order chi connectivity index (χ0) is 20.1. The van der Waals surface area contributed by atoms with Gasteiger partial charge in [-0.25, -0.2) is 0 Å². The summed E-state index contributed by atoms with van der Waals surface area (Å²) in [5.41, 5.74) is 2.94. The van der Waals surface area contributed by atoms with Crippen molar-refractivity contribution in [1.29, 1.82) is 0 Å². The monoisotopic (exact) mass is 380 g/mol. The molecule has 2 aromatic rings. The van der Waals surface area contributed by atoms with Crippen LogP contribution in [0.4, 0.5) is 5.69 Å². The molecule has 2 atom stereocenters. The highest BCUT2D eigenvalue weighted by molar-refractivity contribution is 6.03. The number of nitrogens with zero attached hydrogens (tertiary/aromatic N) is 1. The molecule has 3 rings (SSSR count). The fourth-order valence-corrected chi connectivity index (χ4v) is 3.42. The van der Waals surface area contributed by atoms with E-state index in [4.69, 9.17) is 4.74 Å². The Morgan fingerprint density at radius 2 is 1.96 bits per heavy atom. The standard InChI is InChI=1S/C23H28N2O3/c1-4-20-23(27)25(19-14-16(2)10-13-21(19)28-20)15-22(26)24-17(3)11-12-18-8-6-5-7-9-18/h5-10,13-14,17,20H,4,11-12,15H2,1-3H3,(H,24,26)/t17-,20+/m1/s1. The van der Waals surface area contributed by atoms with Gasteiger partial charge in [0.15, 0.2) is 6.10 Å². The van der Waals surface area contributed by atoms with Crippen LogP contribution in [0.25, 0.3) is 0 Å². The molecule has 1 aliphatic rings. The molecule has 0 spiro atoms. The van der Waals surface area contributed by atoms with E-state index >= 15 is 0 Å². The van der Waals surface area contributed by atoms with Gasteiger partial charge in [-0.3, -0.25) is 14.5 Å². The summed E-state index contributed by atoms with van der Waals surface area (Å²) in [6, 6.07) is 16.0. The Labute approximate surface area is 166 Å². The van der Waals surface area contributed by atoms with Gasteiger partial charge in [-0.05, 0) is 56.4 Å². The number of carbonyl (C=O) groups is 2. The summed E-state index contributed by atoms with van der Waals surface area (Å²) in [7, 11) is 0. The van der Waals surface area contributed by atoms with Crippen LogP contribution in [0.5, 0.6) is 5.75 Å². The Morgan fingerprint density at radius 3 is 2.68 bits per heavy atom. The SMILES string of the molecule is CC[C@@H]1Oc2ccc(C)cc2N(CC(=O)N[C@H](C)CCc2ccccc2)C1=O. The quantitative estimate of drug-likeness (QED) is 0.798. The maximum atomic E-state index is 12.8. The minimum atomic E-state index is -0.543. The van der Waals surface area contributed by atoms with Crippen molar-refractivity contribution < 1.29 is 14.3 Å². The average molecular weight is 380 g/mol. The first kappa shape index (κ1) is 19.9. The van der Waals surface area contributed by atoms with Gasteiger partial charge in [0.05, 0.1) is 5.69 Å². The molecule has 5 nitrogen and oxygen atoms in total. The number of rotatable bonds is 7. The molecule has 1 aliphatic heterocycles. The van der Waals surface area contributed by atoms with Crippen LogP contribution in [-0.2, 0) is 16.0 Å². The molecule has 0 bridgehead atoms. The van der Waals surface area contributed by atoms with Gasteiger partial charge in [0, 0.05) is 6.04 Å². The number of carbonyl (C=O) groups excluding carboxylic acids is 2. The number of fused-ring (bicyclic) bond motifs is 1. The van der Waals surface area contributed by atoms with Crippen LogP contribution in [0.3, 0.4) is 0 Å². The van der Waals surface area contributed by atoms with E-state index in [1.54, 1.807) is 4.90 Å². The van der Waals surface area contributed by atoms with Crippen molar-refractivity contribution in [2.24, 2.45) is 0 Å². The van der Waals surface area contributed by atoms with E-state index in [-0.39, 0.29) is 24.4 Å².